The quantitative estimate of drug-likeness (QED) is 0.791. The van der Waals surface area contributed by atoms with Crippen molar-refractivity contribution in [2.75, 3.05) is 18.5 Å². The third-order valence-electron chi connectivity index (χ3n) is 2.52. The highest BCUT2D eigenvalue weighted by atomic mass is 32.1. The van der Waals surface area contributed by atoms with E-state index in [1.807, 2.05) is 6.07 Å². The normalized spacial score (nSPS) is 24.0. The average Bonchev–Trinajstić information content (AvgIpc) is 2.87. The van der Waals surface area contributed by atoms with Crippen LogP contribution in [0.15, 0.2) is 11.4 Å². The Hall–Kier alpha value is -1.42. The summed E-state index contributed by atoms with van der Waals surface area (Å²) in [4.78, 5) is 11.9. The lowest BCUT2D eigenvalue weighted by molar-refractivity contribution is -0.121. The number of amides is 1. The van der Waals surface area contributed by atoms with Crippen molar-refractivity contribution in [3.8, 4) is 6.07 Å². The van der Waals surface area contributed by atoms with Crippen LogP contribution in [0.5, 0.6) is 0 Å². The highest BCUT2D eigenvalue weighted by molar-refractivity contribution is 7.14. The average molecular weight is 237 g/mol. The van der Waals surface area contributed by atoms with Gasteiger partial charge in [0.25, 0.3) is 0 Å². The molecule has 1 aromatic heterocycles. The number of nitriles is 1. The Kier molecular flexibility index (Phi) is 2.92. The lowest BCUT2D eigenvalue weighted by Crippen LogP contribution is -2.51. The molecule has 0 bridgehead atoms. The molecule has 6 heteroatoms. The largest absolute Gasteiger partial charge is 0.379 e. The van der Waals surface area contributed by atoms with Crippen molar-refractivity contribution < 1.29 is 9.53 Å². The number of carbonyl (C=O) groups excluding carboxylic acids is 1. The molecule has 1 fully saturated rings. The Morgan fingerprint density at radius 3 is 3.19 bits per heavy atom. The molecule has 1 unspecified atom stereocenters. The zero-order valence-corrected chi connectivity index (χ0v) is 9.34. The maximum absolute atomic E-state index is 11.9. The molecule has 1 saturated heterocycles. The molecule has 1 aliphatic heterocycles. The molecular formula is C10H11N3O2S. The fourth-order valence-electron chi connectivity index (χ4n) is 1.48. The summed E-state index contributed by atoms with van der Waals surface area (Å²) in [6.07, 6.45) is 0.506. The van der Waals surface area contributed by atoms with Crippen molar-refractivity contribution in [2.45, 2.75) is 12.0 Å². The summed E-state index contributed by atoms with van der Waals surface area (Å²) in [5.41, 5.74) is 5.39. The molecule has 0 aromatic carbocycles. The van der Waals surface area contributed by atoms with Gasteiger partial charge in [-0.25, -0.2) is 0 Å². The van der Waals surface area contributed by atoms with E-state index >= 15 is 0 Å². The molecule has 1 atom stereocenters. The second-order valence-electron chi connectivity index (χ2n) is 3.69. The maximum atomic E-state index is 11.9. The molecule has 0 radical (unpaired) electrons. The van der Waals surface area contributed by atoms with Crippen LogP contribution in [-0.4, -0.2) is 24.7 Å². The van der Waals surface area contributed by atoms with Crippen LogP contribution in [0.1, 0.15) is 12.0 Å². The Morgan fingerprint density at radius 1 is 1.75 bits per heavy atom. The molecule has 0 saturated carbocycles. The van der Waals surface area contributed by atoms with Crippen LogP contribution in [0.4, 0.5) is 5.00 Å². The molecule has 1 aliphatic rings. The first kappa shape index (κ1) is 11.1. The van der Waals surface area contributed by atoms with Crippen molar-refractivity contribution in [2.24, 2.45) is 5.73 Å². The summed E-state index contributed by atoms with van der Waals surface area (Å²) in [6, 6.07) is 3.67. The summed E-state index contributed by atoms with van der Waals surface area (Å²) in [5, 5.41) is 13.8. The van der Waals surface area contributed by atoms with Gasteiger partial charge in [-0.15, -0.1) is 11.3 Å². The molecular weight excluding hydrogens is 226 g/mol. The molecule has 5 nitrogen and oxygen atoms in total. The van der Waals surface area contributed by atoms with E-state index in [-0.39, 0.29) is 12.5 Å². The van der Waals surface area contributed by atoms with E-state index in [2.05, 4.69) is 5.32 Å². The van der Waals surface area contributed by atoms with Crippen LogP contribution in [-0.2, 0) is 9.53 Å². The highest BCUT2D eigenvalue weighted by Gasteiger charge is 2.38. The Balaban J connectivity index is 2.11. The Morgan fingerprint density at radius 2 is 2.56 bits per heavy atom. The van der Waals surface area contributed by atoms with E-state index in [4.69, 9.17) is 15.7 Å². The zero-order valence-electron chi connectivity index (χ0n) is 8.53. The topological polar surface area (TPSA) is 88.1 Å². The molecule has 16 heavy (non-hydrogen) atoms. The van der Waals surface area contributed by atoms with Crippen LogP contribution < -0.4 is 11.1 Å². The molecule has 0 aliphatic carbocycles. The lowest BCUT2D eigenvalue weighted by atomic mass is 9.99. The van der Waals surface area contributed by atoms with Crippen LogP contribution in [0.2, 0.25) is 0 Å². The number of nitrogens with one attached hydrogen (secondary N) is 1. The molecule has 2 rings (SSSR count). The number of ether oxygens (including phenoxy) is 1. The standard InChI is InChI=1S/C10H11N3O2S/c11-5-7-1-4-16-8(7)13-9(14)10(12)2-3-15-6-10/h1,4H,2-3,6,12H2,(H,13,14). The number of rotatable bonds is 2. The van der Waals surface area contributed by atoms with E-state index in [1.54, 1.807) is 11.4 Å². The Labute approximate surface area is 96.8 Å². The molecule has 3 N–H and O–H groups in total. The van der Waals surface area contributed by atoms with Crippen molar-refractivity contribution in [1.29, 1.82) is 5.26 Å². The van der Waals surface area contributed by atoms with Crippen molar-refractivity contribution in [3.05, 3.63) is 17.0 Å². The van der Waals surface area contributed by atoms with Gasteiger partial charge in [-0.3, -0.25) is 4.79 Å². The van der Waals surface area contributed by atoms with Crippen LogP contribution in [0.25, 0.3) is 0 Å². The van der Waals surface area contributed by atoms with E-state index in [1.165, 1.54) is 11.3 Å². The first-order valence-electron chi connectivity index (χ1n) is 4.81. The smallest absolute Gasteiger partial charge is 0.247 e. The Bertz CT molecular complexity index is 443. The molecule has 2 heterocycles. The zero-order chi connectivity index (χ0) is 11.6. The minimum atomic E-state index is -0.962. The minimum Gasteiger partial charge on any atom is -0.379 e. The van der Waals surface area contributed by atoms with Crippen LogP contribution in [0, 0.1) is 11.3 Å². The summed E-state index contributed by atoms with van der Waals surface area (Å²) in [7, 11) is 0. The van der Waals surface area contributed by atoms with Gasteiger partial charge in [0.1, 0.15) is 16.6 Å². The third kappa shape index (κ3) is 1.93. The van der Waals surface area contributed by atoms with E-state index in [9.17, 15) is 4.79 Å². The summed E-state index contributed by atoms with van der Waals surface area (Å²) >= 11 is 1.31. The van der Waals surface area contributed by atoms with Gasteiger partial charge < -0.3 is 15.8 Å². The van der Waals surface area contributed by atoms with E-state index in [0.717, 1.165) is 0 Å². The second kappa shape index (κ2) is 4.22. The van der Waals surface area contributed by atoms with Gasteiger partial charge in [0.05, 0.1) is 12.2 Å². The first-order valence-corrected chi connectivity index (χ1v) is 5.69. The number of nitrogens with zero attached hydrogens (tertiary/aromatic N) is 1. The molecule has 84 valence electrons. The van der Waals surface area contributed by atoms with Gasteiger partial charge >= 0.3 is 0 Å². The molecule has 1 amide bonds. The van der Waals surface area contributed by atoms with Crippen molar-refractivity contribution in [3.63, 3.8) is 0 Å². The fraction of sp³-hybridized carbons (Fsp3) is 0.400. The fourth-order valence-corrected chi connectivity index (χ4v) is 2.21. The maximum Gasteiger partial charge on any atom is 0.247 e. The van der Waals surface area contributed by atoms with Gasteiger partial charge in [-0.05, 0) is 17.9 Å². The second-order valence-corrected chi connectivity index (χ2v) is 4.60. The van der Waals surface area contributed by atoms with Crippen LogP contribution in [0.3, 0.4) is 0 Å². The van der Waals surface area contributed by atoms with Gasteiger partial charge in [-0.1, -0.05) is 0 Å². The molecule has 1 aromatic rings. The van der Waals surface area contributed by atoms with Crippen molar-refractivity contribution in [1.82, 2.24) is 0 Å². The predicted octanol–water partition coefficient (Wildman–Crippen LogP) is 0.676. The molecule has 0 spiro atoms. The summed E-state index contributed by atoms with van der Waals surface area (Å²) in [6.45, 7) is 0.728. The highest BCUT2D eigenvalue weighted by Crippen LogP contribution is 2.24. The number of thiophene rings is 1. The number of carbonyl (C=O) groups is 1. The number of nitrogens with two attached hydrogens (primary N) is 1. The predicted molar refractivity (Wildman–Crippen MR) is 60.0 cm³/mol. The van der Waals surface area contributed by atoms with Gasteiger partial charge in [0, 0.05) is 6.61 Å². The SMILES string of the molecule is N#Cc1ccsc1NC(=O)C1(N)CCOC1. The monoisotopic (exact) mass is 237 g/mol. The van der Waals surface area contributed by atoms with Crippen LogP contribution >= 0.6 is 11.3 Å². The first-order chi connectivity index (χ1) is 7.65. The van der Waals surface area contributed by atoms with E-state index in [0.29, 0.717) is 23.6 Å². The minimum absolute atomic E-state index is 0.228. The van der Waals surface area contributed by atoms with Gasteiger partial charge in [-0.2, -0.15) is 5.26 Å². The lowest BCUT2D eigenvalue weighted by Gasteiger charge is -2.19. The summed E-state index contributed by atoms with van der Waals surface area (Å²) < 4.78 is 5.11. The number of hydrogen-bond donors (Lipinski definition) is 2. The van der Waals surface area contributed by atoms with E-state index < -0.39 is 5.54 Å². The number of hydrogen-bond acceptors (Lipinski definition) is 5. The van der Waals surface area contributed by atoms with Crippen molar-refractivity contribution >= 4 is 22.2 Å². The van der Waals surface area contributed by atoms with Gasteiger partial charge in [0.15, 0.2) is 0 Å². The third-order valence-corrected chi connectivity index (χ3v) is 3.35. The van der Waals surface area contributed by atoms with Gasteiger partial charge in [0.2, 0.25) is 5.91 Å². The number of anilines is 1. The summed E-state index contributed by atoms with van der Waals surface area (Å²) in [5.74, 6) is -0.288.